The number of nitrogen functional groups attached to an aromatic ring is 1. The first kappa shape index (κ1) is 15.1. The lowest BCUT2D eigenvalue weighted by molar-refractivity contribution is 0.0709. The van der Waals surface area contributed by atoms with Crippen LogP contribution in [0.1, 0.15) is 10.4 Å². The number of rotatable bonds is 6. The third-order valence-electron chi connectivity index (χ3n) is 2.54. The van der Waals surface area contributed by atoms with Crippen molar-refractivity contribution in [3.63, 3.8) is 0 Å². The Balaban J connectivity index is 3.08. The molecule has 1 rings (SSSR count). The van der Waals surface area contributed by atoms with Crippen molar-refractivity contribution in [2.75, 3.05) is 32.5 Å². The predicted molar refractivity (Wildman–Crippen MR) is 68.7 cm³/mol. The molecule has 0 atom stereocenters. The molecule has 1 aromatic carbocycles. The molecule has 0 aliphatic carbocycles. The van der Waals surface area contributed by atoms with Crippen molar-refractivity contribution in [2.24, 2.45) is 0 Å². The van der Waals surface area contributed by atoms with Gasteiger partial charge in [-0.05, 0) is 12.1 Å². The van der Waals surface area contributed by atoms with Gasteiger partial charge in [0.15, 0.2) is 5.82 Å². The molecule has 2 N–H and O–H groups in total. The maximum absolute atomic E-state index is 13.8. The van der Waals surface area contributed by atoms with Crippen molar-refractivity contribution in [1.29, 1.82) is 0 Å². The van der Waals surface area contributed by atoms with E-state index in [1.807, 2.05) is 0 Å². The highest BCUT2D eigenvalue weighted by Gasteiger charge is 2.23. The number of halogens is 2. The van der Waals surface area contributed by atoms with Crippen molar-refractivity contribution in [1.82, 2.24) is 4.90 Å². The minimum Gasteiger partial charge on any atom is -0.396 e. The molecule has 0 aliphatic heterocycles. The molecule has 0 radical (unpaired) electrons. The highest BCUT2D eigenvalue weighted by atomic mass is 19.1. The molecule has 0 saturated carbocycles. The number of carbonyl (C=O) groups is 1. The fourth-order valence-corrected chi connectivity index (χ4v) is 1.56. The molecule has 1 amide bonds. The Morgan fingerprint density at radius 3 is 2.79 bits per heavy atom. The van der Waals surface area contributed by atoms with Crippen molar-refractivity contribution in [3.8, 4) is 0 Å². The van der Waals surface area contributed by atoms with E-state index in [9.17, 15) is 13.6 Å². The molecule has 0 aliphatic rings. The van der Waals surface area contributed by atoms with Gasteiger partial charge in [-0.2, -0.15) is 0 Å². The molecular weight excluding hydrogens is 254 g/mol. The van der Waals surface area contributed by atoms with Gasteiger partial charge in [-0.15, -0.1) is 6.58 Å². The van der Waals surface area contributed by atoms with Gasteiger partial charge < -0.3 is 15.4 Å². The lowest BCUT2D eigenvalue weighted by Gasteiger charge is -2.21. The van der Waals surface area contributed by atoms with Crippen molar-refractivity contribution in [2.45, 2.75) is 0 Å². The third kappa shape index (κ3) is 3.51. The van der Waals surface area contributed by atoms with Crippen LogP contribution in [0.4, 0.5) is 14.5 Å². The summed E-state index contributed by atoms with van der Waals surface area (Å²) in [6, 6.07) is 2.04. The average Bonchev–Trinajstić information content (AvgIpc) is 2.39. The van der Waals surface area contributed by atoms with Gasteiger partial charge in [-0.25, -0.2) is 8.78 Å². The van der Waals surface area contributed by atoms with Gasteiger partial charge in [0.05, 0.1) is 12.3 Å². The Hall–Kier alpha value is -1.95. The maximum atomic E-state index is 13.8. The van der Waals surface area contributed by atoms with Crippen LogP contribution in [0.3, 0.4) is 0 Å². The van der Waals surface area contributed by atoms with E-state index in [1.54, 1.807) is 0 Å². The maximum Gasteiger partial charge on any atom is 0.260 e. The summed E-state index contributed by atoms with van der Waals surface area (Å²) < 4.78 is 32.2. The van der Waals surface area contributed by atoms with E-state index in [4.69, 9.17) is 10.5 Å². The SMILES string of the molecule is C=CCN(CCOC)C(=O)c1c(F)ccc(N)c1F. The van der Waals surface area contributed by atoms with Gasteiger partial charge in [0, 0.05) is 20.2 Å². The van der Waals surface area contributed by atoms with E-state index in [2.05, 4.69) is 6.58 Å². The number of nitrogens with two attached hydrogens (primary N) is 1. The van der Waals surface area contributed by atoms with E-state index < -0.39 is 23.1 Å². The molecule has 6 heteroatoms. The highest BCUT2D eigenvalue weighted by molar-refractivity contribution is 5.95. The summed E-state index contributed by atoms with van der Waals surface area (Å²) >= 11 is 0. The molecule has 1 aromatic rings. The second kappa shape index (κ2) is 6.84. The van der Waals surface area contributed by atoms with E-state index in [0.717, 1.165) is 12.1 Å². The quantitative estimate of drug-likeness (QED) is 0.633. The van der Waals surface area contributed by atoms with Crippen LogP contribution < -0.4 is 5.73 Å². The molecule has 0 unspecified atom stereocenters. The second-order valence-electron chi connectivity index (χ2n) is 3.86. The molecule has 0 aromatic heterocycles. The summed E-state index contributed by atoms with van der Waals surface area (Å²) in [5.41, 5.74) is 4.42. The van der Waals surface area contributed by atoms with E-state index in [-0.39, 0.29) is 25.4 Å². The third-order valence-corrected chi connectivity index (χ3v) is 2.54. The first-order chi connectivity index (χ1) is 9.02. The molecule has 0 bridgehead atoms. The summed E-state index contributed by atoms with van der Waals surface area (Å²) in [6.45, 7) is 4.12. The first-order valence-corrected chi connectivity index (χ1v) is 5.65. The summed E-state index contributed by atoms with van der Waals surface area (Å²) in [5, 5.41) is 0. The molecule has 104 valence electrons. The van der Waals surface area contributed by atoms with Gasteiger partial charge >= 0.3 is 0 Å². The summed E-state index contributed by atoms with van der Waals surface area (Å²) in [6.07, 6.45) is 1.47. The normalized spacial score (nSPS) is 10.3. The molecule has 0 spiro atoms. The van der Waals surface area contributed by atoms with Crippen LogP contribution in [0.25, 0.3) is 0 Å². The van der Waals surface area contributed by atoms with Crippen molar-refractivity contribution < 1.29 is 18.3 Å². The zero-order valence-electron chi connectivity index (χ0n) is 10.7. The Morgan fingerprint density at radius 1 is 1.53 bits per heavy atom. The minimum absolute atomic E-state index is 0.163. The van der Waals surface area contributed by atoms with Gasteiger partial charge in [0.25, 0.3) is 5.91 Å². The van der Waals surface area contributed by atoms with Crippen LogP contribution in [-0.4, -0.2) is 37.6 Å². The first-order valence-electron chi connectivity index (χ1n) is 5.65. The number of amides is 1. The lowest BCUT2D eigenvalue weighted by Crippen LogP contribution is -2.35. The monoisotopic (exact) mass is 270 g/mol. The van der Waals surface area contributed by atoms with E-state index >= 15 is 0 Å². The molecule has 19 heavy (non-hydrogen) atoms. The number of methoxy groups -OCH3 is 1. The summed E-state index contributed by atoms with van der Waals surface area (Å²) in [7, 11) is 1.47. The molecule has 0 heterocycles. The van der Waals surface area contributed by atoms with E-state index in [0.29, 0.717) is 0 Å². The van der Waals surface area contributed by atoms with Crippen LogP contribution in [-0.2, 0) is 4.74 Å². The molecule has 4 nitrogen and oxygen atoms in total. The number of nitrogens with zero attached hydrogens (tertiary/aromatic N) is 1. The molecule has 0 fully saturated rings. The number of ether oxygens (including phenoxy) is 1. The van der Waals surface area contributed by atoms with Crippen molar-refractivity contribution in [3.05, 3.63) is 42.0 Å². The average molecular weight is 270 g/mol. The molecular formula is C13H16F2N2O2. The van der Waals surface area contributed by atoms with Gasteiger partial charge in [0.2, 0.25) is 0 Å². The zero-order valence-corrected chi connectivity index (χ0v) is 10.7. The topological polar surface area (TPSA) is 55.6 Å². The fraction of sp³-hybridized carbons (Fsp3) is 0.308. The number of hydrogen-bond acceptors (Lipinski definition) is 3. The van der Waals surface area contributed by atoms with Gasteiger partial charge in [-0.1, -0.05) is 6.08 Å². The lowest BCUT2D eigenvalue weighted by atomic mass is 10.1. The Morgan fingerprint density at radius 2 is 2.21 bits per heavy atom. The summed E-state index contributed by atoms with van der Waals surface area (Å²) in [5.74, 6) is -2.76. The smallest absolute Gasteiger partial charge is 0.260 e. The standard InChI is InChI=1S/C13H16F2N2O2/c1-3-6-17(7-8-19-2)13(18)11-9(14)4-5-10(16)12(11)15/h3-5H,1,6-8,16H2,2H3. The van der Waals surface area contributed by atoms with Crippen LogP contribution in [0.15, 0.2) is 24.8 Å². The van der Waals surface area contributed by atoms with Crippen molar-refractivity contribution >= 4 is 11.6 Å². The Kier molecular flexibility index (Phi) is 5.44. The summed E-state index contributed by atoms with van der Waals surface area (Å²) in [4.78, 5) is 13.4. The Bertz CT molecular complexity index is 478. The fourth-order valence-electron chi connectivity index (χ4n) is 1.56. The number of carbonyl (C=O) groups excluding carboxylic acids is 1. The Labute approximate surface area is 110 Å². The van der Waals surface area contributed by atoms with Crippen LogP contribution in [0.2, 0.25) is 0 Å². The minimum atomic E-state index is -1.04. The number of benzene rings is 1. The molecule has 0 saturated heterocycles. The predicted octanol–water partition coefficient (Wildman–Crippen LogP) is 1.82. The number of anilines is 1. The van der Waals surface area contributed by atoms with Crippen LogP contribution >= 0.6 is 0 Å². The second-order valence-corrected chi connectivity index (χ2v) is 3.86. The van der Waals surface area contributed by atoms with Gasteiger partial charge in [0.1, 0.15) is 11.4 Å². The number of hydrogen-bond donors (Lipinski definition) is 1. The highest BCUT2D eigenvalue weighted by Crippen LogP contribution is 2.20. The van der Waals surface area contributed by atoms with Gasteiger partial charge in [-0.3, -0.25) is 4.79 Å². The largest absolute Gasteiger partial charge is 0.396 e. The van der Waals surface area contributed by atoms with E-state index in [1.165, 1.54) is 18.1 Å². The van der Waals surface area contributed by atoms with Crippen LogP contribution in [0, 0.1) is 11.6 Å². The zero-order chi connectivity index (χ0) is 14.4. The van der Waals surface area contributed by atoms with Crippen LogP contribution in [0.5, 0.6) is 0 Å².